The van der Waals surface area contributed by atoms with Crippen LogP contribution in [0.15, 0.2) is 48.5 Å². The maximum Gasteiger partial charge on any atom is 0.245 e. The lowest BCUT2D eigenvalue weighted by atomic mass is 9.62. The number of aryl methyl sites for hydroxylation is 1. The molecule has 2 fully saturated rings. The van der Waals surface area contributed by atoms with E-state index in [-0.39, 0.29) is 29.7 Å². The van der Waals surface area contributed by atoms with Crippen LogP contribution in [-0.2, 0) is 35.9 Å². The maximum absolute atomic E-state index is 14.2. The maximum atomic E-state index is 14.2. The number of halogens is 1. The van der Waals surface area contributed by atoms with Crippen LogP contribution in [0.2, 0.25) is 5.02 Å². The van der Waals surface area contributed by atoms with Crippen LogP contribution in [0.3, 0.4) is 0 Å². The van der Waals surface area contributed by atoms with E-state index in [2.05, 4.69) is 38.3 Å². The first kappa shape index (κ1) is 30.7. The van der Waals surface area contributed by atoms with E-state index in [9.17, 15) is 9.59 Å². The first-order chi connectivity index (χ1) is 21.4. The summed E-state index contributed by atoms with van der Waals surface area (Å²) in [6.07, 6.45) is 10.6. The molecule has 1 saturated heterocycles. The summed E-state index contributed by atoms with van der Waals surface area (Å²) in [6, 6.07) is 15.1. The Hall–Kier alpha value is -3.30. The number of likely N-dealkylation sites (tertiary alicyclic amines) is 1. The van der Waals surface area contributed by atoms with Crippen molar-refractivity contribution >= 4 is 23.4 Å². The van der Waals surface area contributed by atoms with Crippen molar-refractivity contribution in [3.05, 3.63) is 76.1 Å². The number of tetrazole rings is 1. The number of aromatic nitrogens is 4. The van der Waals surface area contributed by atoms with Crippen LogP contribution < -0.4 is 10.6 Å². The molecule has 1 unspecified atom stereocenters. The summed E-state index contributed by atoms with van der Waals surface area (Å²) in [5, 5.41) is 19.6. The normalized spacial score (nSPS) is 21.0. The highest BCUT2D eigenvalue weighted by molar-refractivity contribution is 6.30. The van der Waals surface area contributed by atoms with Gasteiger partial charge < -0.3 is 15.5 Å². The van der Waals surface area contributed by atoms with Crippen molar-refractivity contribution in [3.63, 3.8) is 0 Å². The van der Waals surface area contributed by atoms with Gasteiger partial charge in [0.1, 0.15) is 6.04 Å². The molecule has 44 heavy (non-hydrogen) atoms. The van der Waals surface area contributed by atoms with E-state index >= 15 is 0 Å². The molecule has 6 rings (SSSR count). The van der Waals surface area contributed by atoms with Crippen LogP contribution in [0.4, 0.5) is 0 Å². The van der Waals surface area contributed by atoms with E-state index in [1.54, 1.807) is 4.68 Å². The number of carbonyl (C=O) groups is 2. The van der Waals surface area contributed by atoms with Gasteiger partial charge in [-0.05, 0) is 89.2 Å². The lowest BCUT2D eigenvalue weighted by Gasteiger charge is -2.48. The van der Waals surface area contributed by atoms with Crippen molar-refractivity contribution in [3.8, 4) is 0 Å². The van der Waals surface area contributed by atoms with Gasteiger partial charge in [0.2, 0.25) is 11.8 Å². The molecule has 234 valence electrons. The molecular weight excluding hydrogens is 574 g/mol. The SMILES string of the molecule is Cn1nnnc1CC1(C2CCCCC2)CCN(C(=O)[C@@H](Cc2ccc(Cl)cc2)NC(=O)CC2NCCc3ccccc32)CC1. The van der Waals surface area contributed by atoms with Gasteiger partial charge in [0, 0.05) is 50.5 Å². The summed E-state index contributed by atoms with van der Waals surface area (Å²) < 4.78 is 1.79. The molecule has 2 atom stereocenters. The molecule has 2 N–H and O–H groups in total. The summed E-state index contributed by atoms with van der Waals surface area (Å²) in [7, 11) is 1.91. The third-order valence-corrected chi connectivity index (χ3v) is 10.6. The van der Waals surface area contributed by atoms with Crippen molar-refractivity contribution in [2.75, 3.05) is 19.6 Å². The Kier molecular flexibility index (Phi) is 9.62. The molecule has 3 heterocycles. The summed E-state index contributed by atoms with van der Waals surface area (Å²) in [5.41, 5.74) is 3.50. The smallest absolute Gasteiger partial charge is 0.245 e. The number of amides is 2. The average Bonchev–Trinajstić information content (AvgIpc) is 3.45. The topological polar surface area (TPSA) is 105 Å². The van der Waals surface area contributed by atoms with Crippen LogP contribution in [0, 0.1) is 11.3 Å². The van der Waals surface area contributed by atoms with E-state index in [4.69, 9.17) is 11.6 Å². The van der Waals surface area contributed by atoms with E-state index in [1.807, 2.05) is 48.3 Å². The second kappa shape index (κ2) is 13.8. The Balaban J connectivity index is 1.17. The van der Waals surface area contributed by atoms with Crippen molar-refractivity contribution in [2.24, 2.45) is 18.4 Å². The van der Waals surface area contributed by atoms with Gasteiger partial charge >= 0.3 is 0 Å². The van der Waals surface area contributed by atoms with Gasteiger partial charge in [0.15, 0.2) is 5.82 Å². The number of piperidine rings is 1. The molecule has 2 amide bonds. The molecule has 9 nitrogen and oxygen atoms in total. The number of rotatable bonds is 9. The Morgan fingerprint density at radius 2 is 1.82 bits per heavy atom. The first-order valence-electron chi connectivity index (χ1n) is 16.3. The van der Waals surface area contributed by atoms with Crippen LogP contribution in [-0.4, -0.2) is 62.6 Å². The first-order valence-corrected chi connectivity index (χ1v) is 16.6. The highest BCUT2D eigenvalue weighted by atomic mass is 35.5. The average molecular weight is 618 g/mol. The molecule has 1 aromatic heterocycles. The number of benzene rings is 2. The standard InChI is InChI=1S/C34H44ClN7O2/c1-41-31(38-39-40-41)23-34(26-8-3-2-4-9-26)16-19-42(20-17-34)33(44)30(21-24-11-13-27(35)14-12-24)37-32(43)22-29-28-10-6-5-7-25(28)15-18-36-29/h5-7,10-14,26,29-30,36H,2-4,8-9,15-23H2,1H3,(H,37,43)/t29?,30-/m1/s1. The molecule has 0 spiro atoms. The fourth-order valence-corrected chi connectivity index (χ4v) is 7.95. The van der Waals surface area contributed by atoms with Crippen molar-refractivity contribution < 1.29 is 9.59 Å². The highest BCUT2D eigenvalue weighted by Gasteiger charge is 2.44. The minimum absolute atomic E-state index is 0.0112. The molecule has 3 aliphatic rings. The van der Waals surface area contributed by atoms with Crippen LogP contribution in [0.5, 0.6) is 0 Å². The summed E-state index contributed by atoms with van der Waals surface area (Å²) in [5.74, 6) is 1.40. The molecule has 0 bridgehead atoms. The number of fused-ring (bicyclic) bond motifs is 1. The zero-order valence-electron chi connectivity index (χ0n) is 25.7. The van der Waals surface area contributed by atoms with E-state index in [1.165, 1.54) is 43.2 Å². The van der Waals surface area contributed by atoms with E-state index in [0.717, 1.165) is 43.6 Å². The molecule has 3 aromatic rings. The van der Waals surface area contributed by atoms with E-state index < -0.39 is 6.04 Å². The third kappa shape index (κ3) is 6.99. The fourth-order valence-electron chi connectivity index (χ4n) is 7.82. The van der Waals surface area contributed by atoms with E-state index in [0.29, 0.717) is 30.5 Å². The quantitative estimate of drug-likeness (QED) is 0.364. The number of hydrogen-bond donors (Lipinski definition) is 2. The van der Waals surface area contributed by atoms with Gasteiger partial charge in [-0.3, -0.25) is 9.59 Å². The summed E-state index contributed by atoms with van der Waals surface area (Å²) in [6.45, 7) is 2.18. The number of carbonyl (C=O) groups excluding carboxylic acids is 2. The van der Waals surface area contributed by atoms with Gasteiger partial charge in [-0.2, -0.15) is 0 Å². The van der Waals surface area contributed by atoms with Gasteiger partial charge in [0.25, 0.3) is 0 Å². The minimum atomic E-state index is -0.646. The van der Waals surface area contributed by atoms with Crippen LogP contribution >= 0.6 is 11.6 Å². The Morgan fingerprint density at radius 3 is 2.55 bits per heavy atom. The lowest BCUT2D eigenvalue weighted by molar-refractivity contribution is -0.139. The Morgan fingerprint density at radius 1 is 1.07 bits per heavy atom. The molecule has 2 aromatic carbocycles. The Labute approximate surface area is 265 Å². The van der Waals surface area contributed by atoms with Crippen LogP contribution in [0.1, 0.15) is 79.9 Å². The minimum Gasteiger partial charge on any atom is -0.344 e. The molecule has 10 heteroatoms. The second-order valence-electron chi connectivity index (χ2n) is 13.0. The van der Waals surface area contributed by atoms with Crippen molar-refractivity contribution in [2.45, 2.75) is 82.7 Å². The van der Waals surface area contributed by atoms with Crippen molar-refractivity contribution in [1.82, 2.24) is 35.7 Å². The predicted octanol–water partition coefficient (Wildman–Crippen LogP) is 4.60. The number of hydrogen-bond acceptors (Lipinski definition) is 6. The lowest BCUT2D eigenvalue weighted by Crippen LogP contribution is -2.54. The van der Waals surface area contributed by atoms with Gasteiger partial charge in [-0.1, -0.05) is 67.3 Å². The zero-order valence-corrected chi connectivity index (χ0v) is 26.4. The van der Waals surface area contributed by atoms with Gasteiger partial charge in [-0.15, -0.1) is 5.10 Å². The predicted molar refractivity (Wildman–Crippen MR) is 170 cm³/mol. The van der Waals surface area contributed by atoms with Crippen LogP contribution in [0.25, 0.3) is 0 Å². The largest absolute Gasteiger partial charge is 0.344 e. The summed E-state index contributed by atoms with van der Waals surface area (Å²) >= 11 is 6.15. The third-order valence-electron chi connectivity index (χ3n) is 10.4. The van der Waals surface area contributed by atoms with Gasteiger partial charge in [0.05, 0.1) is 0 Å². The highest BCUT2D eigenvalue weighted by Crippen LogP contribution is 2.47. The molecule has 0 radical (unpaired) electrons. The summed E-state index contributed by atoms with van der Waals surface area (Å²) in [4.78, 5) is 29.7. The second-order valence-corrected chi connectivity index (χ2v) is 13.5. The van der Waals surface area contributed by atoms with Gasteiger partial charge in [-0.25, -0.2) is 4.68 Å². The molecular formula is C34H44ClN7O2. The fraction of sp³-hybridized carbons (Fsp3) is 0.559. The number of nitrogens with zero attached hydrogens (tertiary/aromatic N) is 5. The van der Waals surface area contributed by atoms with Crippen molar-refractivity contribution in [1.29, 1.82) is 0 Å². The number of nitrogens with one attached hydrogen (secondary N) is 2. The monoisotopic (exact) mass is 617 g/mol. The Bertz CT molecular complexity index is 1430. The zero-order chi connectivity index (χ0) is 30.5. The molecule has 2 aliphatic heterocycles. The molecule has 1 aliphatic carbocycles. The molecule has 1 saturated carbocycles.